The van der Waals surface area contributed by atoms with Gasteiger partial charge >= 0.3 is 23.3 Å². The first-order valence-corrected chi connectivity index (χ1v) is 17.8. The molecule has 1 unspecified atom stereocenters. The second-order valence-electron chi connectivity index (χ2n) is 10.5. The number of thioether (sulfide) groups is 2. The quantitative estimate of drug-likeness (QED) is 0.0931. The van der Waals surface area contributed by atoms with Crippen molar-refractivity contribution in [2.75, 3.05) is 12.0 Å². The third kappa shape index (κ3) is 6.32. The van der Waals surface area contributed by atoms with E-state index in [0.29, 0.717) is 45.3 Å². The Morgan fingerprint density at radius 1 is 0.638 bits per heavy atom. The molecule has 0 saturated carbocycles. The van der Waals surface area contributed by atoms with Crippen molar-refractivity contribution in [1.82, 2.24) is 0 Å². The molecule has 0 amide bonds. The molecule has 0 saturated heterocycles. The minimum atomic E-state index is -2.08. The lowest BCUT2D eigenvalue weighted by atomic mass is 9.92. The second kappa shape index (κ2) is 13.2. The number of carbonyl (C=O) groups excluding carboxylic acids is 2. The van der Waals surface area contributed by atoms with Gasteiger partial charge in [-0.25, -0.2) is 9.59 Å². The van der Waals surface area contributed by atoms with Crippen LogP contribution in [0.25, 0.3) is 32.7 Å². The molecule has 0 fully saturated rings. The Morgan fingerprint density at radius 2 is 1.11 bits per heavy atom. The van der Waals surface area contributed by atoms with E-state index in [9.17, 15) is 13.8 Å². The van der Waals surface area contributed by atoms with Crippen molar-refractivity contribution in [3.63, 3.8) is 0 Å². The number of carbonyl (C=O) groups is 2. The van der Waals surface area contributed by atoms with E-state index in [2.05, 4.69) is 6.92 Å². The summed E-state index contributed by atoms with van der Waals surface area (Å²) >= 11 is 1.22. The van der Waals surface area contributed by atoms with E-state index in [-0.39, 0.29) is 0 Å². The number of ether oxygens (including phenoxy) is 2. The number of hydrogen-bond donors (Lipinski definition) is 0. The fraction of sp³-hybridized carbons (Fsp3) is 0.0811. The Bertz CT molecular complexity index is 2200. The predicted octanol–water partition coefficient (Wildman–Crippen LogP) is 9.28. The van der Waals surface area contributed by atoms with E-state index >= 15 is 0 Å². The lowest BCUT2D eigenvalue weighted by Gasteiger charge is -2.14. The molecule has 10 heteroatoms. The fourth-order valence-corrected chi connectivity index (χ4v) is 7.11. The molecule has 7 rings (SSSR count). The molecule has 6 aromatic carbocycles. The van der Waals surface area contributed by atoms with Crippen LogP contribution in [0.3, 0.4) is 0 Å². The van der Waals surface area contributed by atoms with E-state index in [1.807, 2.05) is 54.8 Å². The summed E-state index contributed by atoms with van der Waals surface area (Å²) in [7, 11) is 0. The number of rotatable bonds is 7. The van der Waals surface area contributed by atoms with Crippen LogP contribution < -0.4 is 17.8 Å². The van der Waals surface area contributed by atoms with Gasteiger partial charge < -0.3 is 17.8 Å². The van der Waals surface area contributed by atoms with Crippen molar-refractivity contribution >= 4 is 68.4 Å². The van der Waals surface area contributed by atoms with Gasteiger partial charge in [-0.3, -0.25) is 0 Å². The van der Waals surface area contributed by atoms with E-state index in [1.165, 1.54) is 0 Å². The molecule has 0 spiro atoms. The van der Waals surface area contributed by atoms with Crippen LogP contribution in [-0.4, -0.2) is 28.2 Å². The van der Waals surface area contributed by atoms with E-state index in [1.54, 1.807) is 84.2 Å². The van der Waals surface area contributed by atoms with Crippen LogP contribution in [0, 0.1) is 0 Å². The van der Waals surface area contributed by atoms with Crippen molar-refractivity contribution < 1.29 is 31.6 Å². The standard InChI is InChI=1S/C37H26O7S3/c1-3-46-29-14-6-23(7-15-29)37(39)42-27-11-17-31-25(21-27)9-19-33-35(31)34-30-16-10-26(20-24(30)8-18-32(34)43-47(40)44-33)41-36(38)22-4-12-28(45-2)13-5-22/h4-21H,3H2,1-2H3. The maximum Gasteiger partial charge on any atom is 0.417 e. The molecule has 0 radical (unpaired) electrons. The van der Waals surface area contributed by atoms with Crippen molar-refractivity contribution in [3.05, 3.63) is 120 Å². The average Bonchev–Trinajstić information content (AvgIpc) is 3.24. The first kappa shape index (κ1) is 30.9. The molecular weight excluding hydrogens is 653 g/mol. The van der Waals surface area contributed by atoms with Gasteiger partial charge in [0.1, 0.15) is 11.5 Å². The maximum absolute atomic E-state index is 12.9. The third-order valence-electron chi connectivity index (χ3n) is 7.62. The van der Waals surface area contributed by atoms with E-state index in [4.69, 9.17) is 17.8 Å². The summed E-state index contributed by atoms with van der Waals surface area (Å²) in [5.41, 5.74) is 2.26. The highest BCUT2D eigenvalue weighted by Crippen LogP contribution is 2.48. The molecule has 47 heavy (non-hydrogen) atoms. The molecule has 234 valence electrons. The van der Waals surface area contributed by atoms with Gasteiger partial charge in [-0.15, -0.1) is 23.5 Å². The lowest BCUT2D eigenvalue weighted by Crippen LogP contribution is -2.08. The predicted molar refractivity (Wildman–Crippen MR) is 187 cm³/mol. The Labute approximate surface area is 282 Å². The zero-order valence-electron chi connectivity index (χ0n) is 25.2. The molecule has 1 aliphatic heterocycles. The van der Waals surface area contributed by atoms with Crippen molar-refractivity contribution in [1.29, 1.82) is 0 Å². The highest BCUT2D eigenvalue weighted by Gasteiger charge is 2.26. The van der Waals surface area contributed by atoms with Crippen molar-refractivity contribution in [3.8, 4) is 34.1 Å². The molecule has 1 aliphatic rings. The van der Waals surface area contributed by atoms with Crippen molar-refractivity contribution in [2.24, 2.45) is 0 Å². The van der Waals surface area contributed by atoms with Crippen LogP contribution >= 0.6 is 23.5 Å². The topological polar surface area (TPSA) is 88.1 Å². The minimum absolute atomic E-state index is 0.376. The highest BCUT2D eigenvalue weighted by atomic mass is 32.2. The van der Waals surface area contributed by atoms with E-state index < -0.39 is 23.3 Å². The first-order valence-electron chi connectivity index (χ1n) is 14.6. The van der Waals surface area contributed by atoms with Gasteiger partial charge in [0.25, 0.3) is 0 Å². The molecule has 1 atom stereocenters. The maximum atomic E-state index is 12.9. The zero-order chi connectivity index (χ0) is 32.5. The van der Waals surface area contributed by atoms with Gasteiger partial charge in [-0.05, 0) is 131 Å². The Hall–Kier alpha value is -4.77. The molecule has 7 nitrogen and oxygen atoms in total. The van der Waals surface area contributed by atoms with E-state index in [0.717, 1.165) is 37.1 Å². The summed E-state index contributed by atoms with van der Waals surface area (Å²) < 4.78 is 35.6. The summed E-state index contributed by atoms with van der Waals surface area (Å²) in [4.78, 5) is 27.9. The van der Waals surface area contributed by atoms with Crippen LogP contribution in [0.5, 0.6) is 23.0 Å². The lowest BCUT2D eigenvalue weighted by molar-refractivity contribution is 0.0725. The van der Waals surface area contributed by atoms with Gasteiger partial charge in [-0.1, -0.05) is 19.1 Å². The zero-order valence-corrected chi connectivity index (χ0v) is 27.6. The van der Waals surface area contributed by atoms with Crippen LogP contribution in [0.15, 0.2) is 119 Å². The van der Waals surface area contributed by atoms with Gasteiger partial charge in [0.2, 0.25) is 0 Å². The molecule has 1 heterocycles. The molecule has 0 aliphatic carbocycles. The summed E-state index contributed by atoms with van der Waals surface area (Å²) in [5, 5.41) is 3.12. The minimum Gasteiger partial charge on any atom is -0.423 e. The van der Waals surface area contributed by atoms with Crippen molar-refractivity contribution in [2.45, 2.75) is 16.7 Å². The normalized spacial score (nSPS) is 13.5. The van der Waals surface area contributed by atoms with Crippen LogP contribution in [-0.2, 0) is 11.4 Å². The number of fused-ring (bicyclic) bond motifs is 7. The van der Waals surface area contributed by atoms with Gasteiger partial charge in [0.15, 0.2) is 11.5 Å². The molecule has 6 aromatic rings. The molecule has 0 aromatic heterocycles. The monoisotopic (exact) mass is 678 g/mol. The highest BCUT2D eigenvalue weighted by molar-refractivity contribution is 7.99. The van der Waals surface area contributed by atoms with Gasteiger partial charge in [-0.2, -0.15) is 4.21 Å². The summed E-state index contributed by atoms with van der Waals surface area (Å²) in [5.74, 6) is 1.55. The summed E-state index contributed by atoms with van der Waals surface area (Å²) in [6.45, 7) is 2.08. The summed E-state index contributed by atoms with van der Waals surface area (Å²) in [6.07, 6.45) is 1.97. The first-order chi connectivity index (χ1) is 22.9. The Morgan fingerprint density at radius 3 is 1.55 bits per heavy atom. The summed E-state index contributed by atoms with van der Waals surface area (Å²) in [6, 6.07) is 32.3. The molecule has 0 N–H and O–H groups in total. The molecular formula is C37H26O7S3. The van der Waals surface area contributed by atoms with Crippen LogP contribution in [0.2, 0.25) is 0 Å². The average molecular weight is 679 g/mol. The van der Waals surface area contributed by atoms with Gasteiger partial charge in [0, 0.05) is 20.9 Å². The Balaban J connectivity index is 1.24. The van der Waals surface area contributed by atoms with Crippen LogP contribution in [0.4, 0.5) is 0 Å². The second-order valence-corrected chi connectivity index (χ2v) is 13.4. The van der Waals surface area contributed by atoms with Gasteiger partial charge in [0.05, 0.1) is 11.1 Å². The number of hydrogen-bond acceptors (Lipinski definition) is 9. The SMILES string of the molecule is CCSc1ccc(C(=O)Oc2ccc3c4c(ccc3c2)OS(=O)Oc2ccc3cc(OC(=O)c5ccc(SC)cc5)ccc3c2-4)cc1. The smallest absolute Gasteiger partial charge is 0.417 e. The Kier molecular flexibility index (Phi) is 8.64. The fourth-order valence-electron chi connectivity index (χ4n) is 5.43. The molecule has 0 bridgehead atoms. The number of benzene rings is 6. The third-order valence-corrected chi connectivity index (χ3v) is 9.89. The number of esters is 2. The largest absolute Gasteiger partial charge is 0.423 e. The van der Waals surface area contributed by atoms with Crippen LogP contribution in [0.1, 0.15) is 27.6 Å².